The van der Waals surface area contributed by atoms with Gasteiger partial charge in [0, 0.05) is 19.3 Å². The van der Waals surface area contributed by atoms with E-state index in [-0.39, 0.29) is 0 Å². The zero-order valence-corrected chi connectivity index (χ0v) is 9.69. The molecule has 2 rings (SSSR count). The Morgan fingerprint density at radius 1 is 1.56 bits per heavy atom. The molecule has 0 radical (unpaired) electrons. The van der Waals surface area contributed by atoms with Crippen molar-refractivity contribution in [3.8, 4) is 6.07 Å². The van der Waals surface area contributed by atoms with Crippen LogP contribution in [0.4, 0.5) is 5.69 Å². The topological polar surface area (TPSA) is 39.9 Å². The number of aromatic nitrogens is 1. The lowest BCUT2D eigenvalue weighted by atomic mass is 9.85. The minimum Gasteiger partial charge on any atom is -0.369 e. The lowest BCUT2D eigenvalue weighted by molar-refractivity contribution is 0.318. The molecule has 0 aliphatic heterocycles. The second-order valence-electron chi connectivity index (χ2n) is 4.34. The van der Waals surface area contributed by atoms with E-state index in [9.17, 15) is 0 Å². The van der Waals surface area contributed by atoms with E-state index in [1.165, 1.54) is 19.3 Å². The van der Waals surface area contributed by atoms with Crippen molar-refractivity contribution in [2.24, 2.45) is 5.92 Å². The number of hydrogen-bond donors (Lipinski definition) is 0. The van der Waals surface area contributed by atoms with Gasteiger partial charge in [0.25, 0.3) is 0 Å². The van der Waals surface area contributed by atoms with Crippen molar-refractivity contribution < 1.29 is 0 Å². The Kier molecular flexibility index (Phi) is 3.40. The smallest absolute Gasteiger partial charge is 0.101 e. The van der Waals surface area contributed by atoms with Crippen molar-refractivity contribution in [2.75, 3.05) is 18.0 Å². The first-order chi connectivity index (χ1) is 7.85. The summed E-state index contributed by atoms with van der Waals surface area (Å²) in [4.78, 5) is 6.39. The minimum atomic E-state index is 0.733. The third-order valence-electron chi connectivity index (χ3n) is 3.35. The van der Waals surface area contributed by atoms with Gasteiger partial charge in [0.2, 0.25) is 0 Å². The summed E-state index contributed by atoms with van der Waals surface area (Å²) in [7, 11) is 0. The first kappa shape index (κ1) is 10.9. The molecule has 16 heavy (non-hydrogen) atoms. The first-order valence-corrected chi connectivity index (χ1v) is 5.94. The lowest BCUT2D eigenvalue weighted by Gasteiger charge is -2.33. The van der Waals surface area contributed by atoms with Crippen LogP contribution in [-0.4, -0.2) is 18.1 Å². The monoisotopic (exact) mass is 215 g/mol. The van der Waals surface area contributed by atoms with Gasteiger partial charge in [0.1, 0.15) is 6.07 Å². The predicted molar refractivity (Wildman–Crippen MR) is 64.2 cm³/mol. The van der Waals surface area contributed by atoms with Gasteiger partial charge in [-0.2, -0.15) is 5.26 Å². The van der Waals surface area contributed by atoms with E-state index in [1.54, 1.807) is 18.5 Å². The van der Waals surface area contributed by atoms with E-state index in [0.717, 1.165) is 30.3 Å². The fourth-order valence-electron chi connectivity index (χ4n) is 2.12. The Labute approximate surface area is 96.7 Å². The van der Waals surface area contributed by atoms with Gasteiger partial charge in [-0.3, -0.25) is 4.98 Å². The second-order valence-corrected chi connectivity index (χ2v) is 4.34. The molecule has 0 N–H and O–H groups in total. The summed E-state index contributed by atoms with van der Waals surface area (Å²) < 4.78 is 0. The Balaban J connectivity index is 2.15. The van der Waals surface area contributed by atoms with Crippen LogP contribution in [-0.2, 0) is 0 Å². The van der Waals surface area contributed by atoms with Crippen molar-refractivity contribution >= 4 is 5.69 Å². The number of nitrogens with zero attached hydrogens (tertiary/aromatic N) is 3. The Morgan fingerprint density at radius 2 is 2.38 bits per heavy atom. The Bertz CT molecular complexity index is 390. The maximum absolute atomic E-state index is 9.06. The molecule has 0 bridgehead atoms. The molecule has 1 heterocycles. The first-order valence-electron chi connectivity index (χ1n) is 5.94. The molecule has 0 spiro atoms. The number of nitriles is 1. The fraction of sp³-hybridized carbons (Fsp3) is 0.538. The molecule has 1 fully saturated rings. The van der Waals surface area contributed by atoms with Crippen LogP contribution in [0, 0.1) is 17.2 Å². The number of pyridine rings is 1. The molecule has 1 aliphatic rings. The maximum Gasteiger partial charge on any atom is 0.101 e. The number of anilines is 1. The summed E-state index contributed by atoms with van der Waals surface area (Å²) in [5.41, 5.74) is 1.72. The fourth-order valence-corrected chi connectivity index (χ4v) is 2.12. The van der Waals surface area contributed by atoms with E-state index in [4.69, 9.17) is 5.26 Å². The van der Waals surface area contributed by atoms with Crippen LogP contribution in [0.15, 0.2) is 18.5 Å². The highest BCUT2D eigenvalue weighted by molar-refractivity contribution is 5.57. The van der Waals surface area contributed by atoms with E-state index in [2.05, 4.69) is 22.9 Å². The number of hydrogen-bond acceptors (Lipinski definition) is 3. The van der Waals surface area contributed by atoms with Crippen LogP contribution in [0.3, 0.4) is 0 Å². The Hall–Kier alpha value is -1.56. The molecule has 0 unspecified atom stereocenters. The minimum absolute atomic E-state index is 0.733. The van der Waals surface area contributed by atoms with E-state index < -0.39 is 0 Å². The van der Waals surface area contributed by atoms with Crippen molar-refractivity contribution in [1.29, 1.82) is 5.26 Å². The van der Waals surface area contributed by atoms with Crippen molar-refractivity contribution in [2.45, 2.75) is 26.2 Å². The zero-order chi connectivity index (χ0) is 11.4. The quantitative estimate of drug-likeness (QED) is 0.775. The van der Waals surface area contributed by atoms with Crippen LogP contribution in [0.1, 0.15) is 31.7 Å². The summed E-state index contributed by atoms with van der Waals surface area (Å²) >= 11 is 0. The van der Waals surface area contributed by atoms with E-state index >= 15 is 0 Å². The third-order valence-corrected chi connectivity index (χ3v) is 3.35. The Morgan fingerprint density at radius 3 is 2.94 bits per heavy atom. The van der Waals surface area contributed by atoms with E-state index in [0.29, 0.717) is 0 Å². The molecule has 0 saturated heterocycles. The molecule has 1 aliphatic carbocycles. The predicted octanol–water partition coefficient (Wildman–Crippen LogP) is 2.58. The van der Waals surface area contributed by atoms with Crippen LogP contribution in [0.5, 0.6) is 0 Å². The third kappa shape index (κ3) is 2.16. The molecule has 1 aromatic rings. The molecule has 1 aromatic heterocycles. The van der Waals surface area contributed by atoms with Gasteiger partial charge < -0.3 is 4.90 Å². The molecule has 3 heteroatoms. The second kappa shape index (κ2) is 4.98. The van der Waals surface area contributed by atoms with Gasteiger partial charge in [0.15, 0.2) is 0 Å². The summed E-state index contributed by atoms with van der Waals surface area (Å²) in [5, 5.41) is 9.06. The van der Waals surface area contributed by atoms with Gasteiger partial charge in [-0.05, 0) is 31.7 Å². The van der Waals surface area contributed by atoms with Gasteiger partial charge in [0.05, 0.1) is 17.4 Å². The molecular weight excluding hydrogens is 198 g/mol. The summed E-state index contributed by atoms with van der Waals surface area (Å²) in [6.45, 7) is 4.14. The molecule has 1 saturated carbocycles. The largest absolute Gasteiger partial charge is 0.369 e. The maximum atomic E-state index is 9.06. The highest BCUT2D eigenvalue weighted by Gasteiger charge is 2.21. The van der Waals surface area contributed by atoms with Gasteiger partial charge >= 0.3 is 0 Å². The van der Waals surface area contributed by atoms with Crippen LogP contribution < -0.4 is 4.90 Å². The van der Waals surface area contributed by atoms with Crippen molar-refractivity contribution in [3.05, 3.63) is 24.0 Å². The van der Waals surface area contributed by atoms with Crippen molar-refractivity contribution in [3.63, 3.8) is 0 Å². The van der Waals surface area contributed by atoms with Gasteiger partial charge in [-0.1, -0.05) is 6.42 Å². The summed E-state index contributed by atoms with van der Waals surface area (Å²) in [6, 6.07) is 4.03. The SMILES string of the molecule is CCN(CC1CCC1)c1cnccc1C#N. The van der Waals surface area contributed by atoms with Crippen LogP contribution in [0.25, 0.3) is 0 Å². The molecular formula is C13H17N3. The molecule has 0 atom stereocenters. The standard InChI is InChI=1S/C13H17N3/c1-2-16(10-11-4-3-5-11)13-9-15-7-6-12(13)8-14/h6-7,9,11H,2-5,10H2,1H3. The lowest BCUT2D eigenvalue weighted by Crippen LogP contribution is -2.32. The van der Waals surface area contributed by atoms with E-state index in [1.807, 2.05) is 0 Å². The van der Waals surface area contributed by atoms with Crippen LogP contribution >= 0.6 is 0 Å². The highest BCUT2D eigenvalue weighted by atomic mass is 15.1. The van der Waals surface area contributed by atoms with Crippen molar-refractivity contribution in [1.82, 2.24) is 4.98 Å². The molecule has 84 valence electrons. The number of rotatable bonds is 4. The van der Waals surface area contributed by atoms with Gasteiger partial charge in [-0.25, -0.2) is 0 Å². The normalized spacial score (nSPS) is 15.2. The summed E-state index contributed by atoms with van der Waals surface area (Å²) in [5.74, 6) is 0.812. The molecule has 3 nitrogen and oxygen atoms in total. The highest BCUT2D eigenvalue weighted by Crippen LogP contribution is 2.29. The zero-order valence-electron chi connectivity index (χ0n) is 9.69. The molecule has 0 aromatic carbocycles. The van der Waals surface area contributed by atoms with Gasteiger partial charge in [-0.15, -0.1) is 0 Å². The average molecular weight is 215 g/mol. The molecule has 0 amide bonds. The average Bonchev–Trinajstić information content (AvgIpc) is 2.28. The van der Waals surface area contributed by atoms with Crippen LogP contribution in [0.2, 0.25) is 0 Å². The summed E-state index contributed by atoms with van der Waals surface area (Å²) in [6.07, 6.45) is 7.51.